The molecule has 2 aromatic rings. The molecule has 0 aliphatic carbocycles. The highest BCUT2D eigenvalue weighted by molar-refractivity contribution is 6.14. The summed E-state index contributed by atoms with van der Waals surface area (Å²) in [5.41, 5.74) is 0.841. The van der Waals surface area contributed by atoms with Crippen LogP contribution in [0, 0.1) is 6.92 Å². The number of hydrogen-bond acceptors (Lipinski definition) is 6. The molecule has 6 heteroatoms. The zero-order chi connectivity index (χ0) is 19.6. The maximum atomic E-state index is 12.7. The second kappa shape index (κ2) is 7.25. The summed E-state index contributed by atoms with van der Waals surface area (Å²) in [4.78, 5) is 26.1. The Balaban J connectivity index is 2.10. The molecule has 6 nitrogen and oxygen atoms in total. The van der Waals surface area contributed by atoms with Gasteiger partial charge >= 0.3 is 5.97 Å². The SMILES string of the molecule is COC(=O)CC1(O)C(=O)C=C(c2ccc(C)cc2)N1c1ccc(OC)cc1. The number of methoxy groups -OCH3 is 2. The number of benzene rings is 2. The van der Waals surface area contributed by atoms with E-state index in [1.165, 1.54) is 18.1 Å². The molecule has 140 valence electrons. The van der Waals surface area contributed by atoms with Gasteiger partial charge in [-0.2, -0.15) is 0 Å². The van der Waals surface area contributed by atoms with Crippen molar-refractivity contribution >= 4 is 23.1 Å². The molecule has 0 saturated carbocycles. The van der Waals surface area contributed by atoms with E-state index in [0.29, 0.717) is 17.1 Å². The van der Waals surface area contributed by atoms with E-state index >= 15 is 0 Å². The van der Waals surface area contributed by atoms with Crippen LogP contribution in [0.15, 0.2) is 54.6 Å². The van der Waals surface area contributed by atoms with Crippen molar-refractivity contribution in [3.8, 4) is 5.75 Å². The zero-order valence-electron chi connectivity index (χ0n) is 15.4. The number of nitrogens with zero attached hydrogens (tertiary/aromatic N) is 1. The molecule has 0 saturated heterocycles. The highest BCUT2D eigenvalue weighted by Crippen LogP contribution is 2.40. The van der Waals surface area contributed by atoms with E-state index in [1.54, 1.807) is 31.4 Å². The van der Waals surface area contributed by atoms with Crippen molar-refractivity contribution in [2.45, 2.75) is 19.1 Å². The lowest BCUT2D eigenvalue weighted by molar-refractivity contribution is -0.150. The summed E-state index contributed by atoms with van der Waals surface area (Å²) < 4.78 is 9.86. The number of aliphatic hydroxyl groups is 1. The van der Waals surface area contributed by atoms with Gasteiger partial charge in [0.15, 0.2) is 0 Å². The lowest BCUT2D eigenvalue weighted by atomic mass is 10.0. The number of carbonyl (C=O) groups is 2. The van der Waals surface area contributed by atoms with Crippen molar-refractivity contribution in [2.75, 3.05) is 19.1 Å². The maximum absolute atomic E-state index is 12.7. The molecule has 0 fully saturated rings. The molecule has 1 heterocycles. The van der Waals surface area contributed by atoms with Crippen LogP contribution >= 0.6 is 0 Å². The Kier molecular flexibility index (Phi) is 5.01. The lowest BCUT2D eigenvalue weighted by Crippen LogP contribution is -2.51. The van der Waals surface area contributed by atoms with Crippen molar-refractivity contribution in [1.29, 1.82) is 0 Å². The number of aryl methyl sites for hydroxylation is 1. The zero-order valence-corrected chi connectivity index (χ0v) is 15.4. The fourth-order valence-corrected chi connectivity index (χ4v) is 3.07. The second-order valence-electron chi connectivity index (χ2n) is 6.36. The Bertz CT molecular complexity index is 886. The Morgan fingerprint density at radius 2 is 1.70 bits per heavy atom. The molecule has 27 heavy (non-hydrogen) atoms. The molecule has 1 aliphatic heterocycles. The quantitative estimate of drug-likeness (QED) is 0.819. The lowest BCUT2D eigenvalue weighted by Gasteiger charge is -2.35. The van der Waals surface area contributed by atoms with Crippen molar-refractivity contribution in [3.05, 3.63) is 65.7 Å². The summed E-state index contributed by atoms with van der Waals surface area (Å²) in [7, 11) is 2.77. The summed E-state index contributed by atoms with van der Waals surface area (Å²) in [5, 5.41) is 11.2. The van der Waals surface area contributed by atoms with E-state index in [9.17, 15) is 14.7 Å². The molecule has 2 aromatic carbocycles. The Morgan fingerprint density at radius 3 is 2.26 bits per heavy atom. The molecular formula is C21H21NO5. The van der Waals surface area contributed by atoms with Crippen LogP contribution < -0.4 is 9.64 Å². The van der Waals surface area contributed by atoms with Gasteiger partial charge in [0.25, 0.3) is 0 Å². The van der Waals surface area contributed by atoms with Gasteiger partial charge in [0, 0.05) is 11.8 Å². The fraction of sp³-hybridized carbons (Fsp3) is 0.238. The molecule has 1 unspecified atom stereocenters. The molecule has 0 bridgehead atoms. The van der Waals surface area contributed by atoms with Gasteiger partial charge in [-0.05, 0) is 36.8 Å². The molecule has 3 rings (SSSR count). The van der Waals surface area contributed by atoms with E-state index in [2.05, 4.69) is 4.74 Å². The summed E-state index contributed by atoms with van der Waals surface area (Å²) in [6.07, 6.45) is 0.873. The van der Waals surface area contributed by atoms with Crippen LogP contribution in [0.4, 0.5) is 5.69 Å². The number of carbonyl (C=O) groups excluding carboxylic acids is 2. The van der Waals surface area contributed by atoms with Gasteiger partial charge in [0.1, 0.15) is 12.2 Å². The van der Waals surface area contributed by atoms with Gasteiger partial charge < -0.3 is 19.5 Å². The van der Waals surface area contributed by atoms with E-state index < -0.39 is 23.9 Å². The first-order chi connectivity index (χ1) is 12.9. The van der Waals surface area contributed by atoms with Crippen LogP contribution in [0.2, 0.25) is 0 Å². The molecule has 0 spiro atoms. The fourth-order valence-electron chi connectivity index (χ4n) is 3.07. The van der Waals surface area contributed by atoms with Crippen molar-refractivity contribution < 1.29 is 24.2 Å². The summed E-state index contributed by atoms with van der Waals surface area (Å²) in [6, 6.07) is 14.5. The molecule has 0 aromatic heterocycles. The van der Waals surface area contributed by atoms with Gasteiger partial charge in [0.2, 0.25) is 11.5 Å². The monoisotopic (exact) mass is 367 g/mol. The normalized spacial score (nSPS) is 19.0. The van der Waals surface area contributed by atoms with Gasteiger partial charge in [-0.3, -0.25) is 9.59 Å². The van der Waals surface area contributed by atoms with Gasteiger partial charge in [-0.25, -0.2) is 0 Å². The van der Waals surface area contributed by atoms with Crippen LogP contribution in [-0.4, -0.2) is 36.8 Å². The smallest absolute Gasteiger partial charge is 0.310 e. The number of hydrogen-bond donors (Lipinski definition) is 1. The highest BCUT2D eigenvalue weighted by atomic mass is 16.5. The van der Waals surface area contributed by atoms with E-state index in [0.717, 1.165) is 11.1 Å². The minimum absolute atomic E-state index is 0.486. The van der Waals surface area contributed by atoms with Crippen molar-refractivity contribution in [3.63, 3.8) is 0 Å². The average molecular weight is 367 g/mol. The molecule has 1 atom stereocenters. The first kappa shape index (κ1) is 18.7. The van der Waals surface area contributed by atoms with E-state index in [1.807, 2.05) is 31.2 Å². The van der Waals surface area contributed by atoms with E-state index in [-0.39, 0.29) is 0 Å². The van der Waals surface area contributed by atoms with Crippen LogP contribution in [-0.2, 0) is 14.3 Å². The van der Waals surface area contributed by atoms with Gasteiger partial charge in [0.05, 0.1) is 19.9 Å². The molecular weight excluding hydrogens is 346 g/mol. The molecule has 0 radical (unpaired) electrons. The molecule has 1 aliphatic rings. The topological polar surface area (TPSA) is 76.1 Å². The number of esters is 1. The Labute approximate surface area is 157 Å². The van der Waals surface area contributed by atoms with Crippen LogP contribution in [0.25, 0.3) is 5.70 Å². The Morgan fingerprint density at radius 1 is 1.07 bits per heavy atom. The minimum Gasteiger partial charge on any atom is -0.497 e. The van der Waals surface area contributed by atoms with Crippen molar-refractivity contribution in [1.82, 2.24) is 0 Å². The van der Waals surface area contributed by atoms with Gasteiger partial charge in [-0.15, -0.1) is 0 Å². The summed E-state index contributed by atoms with van der Waals surface area (Å²) in [5.74, 6) is -0.608. The number of ketones is 1. The number of anilines is 1. The third-order valence-corrected chi connectivity index (χ3v) is 4.57. The second-order valence-corrected chi connectivity index (χ2v) is 6.36. The maximum Gasteiger partial charge on any atom is 0.310 e. The first-order valence-corrected chi connectivity index (χ1v) is 8.45. The minimum atomic E-state index is -2.05. The number of rotatable bonds is 5. The largest absolute Gasteiger partial charge is 0.497 e. The van der Waals surface area contributed by atoms with Crippen LogP contribution in [0.1, 0.15) is 17.5 Å². The summed E-state index contributed by atoms with van der Waals surface area (Å²) >= 11 is 0. The predicted molar refractivity (Wildman–Crippen MR) is 101 cm³/mol. The van der Waals surface area contributed by atoms with Crippen molar-refractivity contribution in [2.24, 2.45) is 0 Å². The third-order valence-electron chi connectivity index (χ3n) is 4.57. The predicted octanol–water partition coefficient (Wildman–Crippen LogP) is 2.69. The molecule has 0 amide bonds. The summed E-state index contributed by atoms with van der Waals surface area (Å²) in [6.45, 7) is 1.97. The van der Waals surface area contributed by atoms with Crippen LogP contribution in [0.3, 0.4) is 0 Å². The standard InChI is InChI=1S/C21H21NO5/c1-14-4-6-15(7-5-14)18-12-19(23)21(25,13-20(24)27-3)22(18)16-8-10-17(26-2)11-9-16/h4-12,25H,13H2,1-3H3. The highest BCUT2D eigenvalue weighted by Gasteiger charge is 2.50. The first-order valence-electron chi connectivity index (χ1n) is 8.45. The number of ether oxygens (including phenoxy) is 2. The Hall–Kier alpha value is -3.12. The van der Waals surface area contributed by atoms with Gasteiger partial charge in [-0.1, -0.05) is 29.8 Å². The average Bonchev–Trinajstić information content (AvgIpc) is 2.93. The molecule has 1 N–H and O–H groups in total. The van der Waals surface area contributed by atoms with Crippen LogP contribution in [0.5, 0.6) is 5.75 Å². The van der Waals surface area contributed by atoms with E-state index in [4.69, 9.17) is 4.74 Å². The third kappa shape index (κ3) is 3.44.